The number of hydrogen-bond acceptors (Lipinski definition) is 2. The minimum atomic E-state index is -2.18. The zero-order valence-electron chi connectivity index (χ0n) is 8.93. The summed E-state index contributed by atoms with van der Waals surface area (Å²) in [4.78, 5) is 0.820. The van der Waals surface area contributed by atoms with Crippen LogP contribution >= 0.6 is 0 Å². The van der Waals surface area contributed by atoms with E-state index in [1.165, 1.54) is 0 Å². The highest BCUT2D eigenvalue weighted by Gasteiger charge is 2.04. The molecular weight excluding hydrogens is 194 g/mol. The summed E-state index contributed by atoms with van der Waals surface area (Å²) in [5.41, 5.74) is 0. The van der Waals surface area contributed by atoms with E-state index in [0.717, 1.165) is 4.90 Å². The molecule has 0 N–H and O–H groups in total. The lowest BCUT2D eigenvalue weighted by Crippen LogP contribution is -2.01. The van der Waals surface area contributed by atoms with Crippen LogP contribution in [-0.2, 0) is 9.73 Å². The molecule has 0 spiro atoms. The van der Waals surface area contributed by atoms with Gasteiger partial charge in [0.2, 0.25) is 0 Å². The first-order valence-electron chi connectivity index (χ1n) is 4.75. The molecule has 0 aliphatic heterocycles. The summed E-state index contributed by atoms with van der Waals surface area (Å²) in [6, 6.07) is 9.44. The van der Waals surface area contributed by atoms with Crippen molar-refractivity contribution < 1.29 is 4.21 Å². The van der Waals surface area contributed by atoms with Gasteiger partial charge in [0.15, 0.2) is 0 Å². The van der Waals surface area contributed by atoms with Crippen molar-refractivity contribution in [3.05, 3.63) is 30.3 Å². The predicted molar refractivity (Wildman–Crippen MR) is 60.9 cm³/mol. The molecule has 0 bridgehead atoms. The van der Waals surface area contributed by atoms with Crippen molar-refractivity contribution in [3.8, 4) is 0 Å². The van der Waals surface area contributed by atoms with Crippen molar-refractivity contribution in [2.24, 2.45) is 10.3 Å². The van der Waals surface area contributed by atoms with Crippen molar-refractivity contribution in [1.29, 1.82) is 0 Å². The maximum Gasteiger partial charge on any atom is 0.0723 e. The summed E-state index contributed by atoms with van der Waals surface area (Å²) in [7, 11) is -2.18. The van der Waals surface area contributed by atoms with E-state index in [2.05, 4.69) is 18.2 Å². The fourth-order valence-corrected chi connectivity index (χ4v) is 2.43. The highest BCUT2D eigenvalue weighted by molar-refractivity contribution is 7.93. The Morgan fingerprint density at radius 3 is 2.36 bits per heavy atom. The van der Waals surface area contributed by atoms with Crippen LogP contribution in [0, 0.1) is 5.92 Å². The lowest BCUT2D eigenvalue weighted by Gasteiger charge is -2.05. The van der Waals surface area contributed by atoms with E-state index in [9.17, 15) is 4.21 Å². The van der Waals surface area contributed by atoms with E-state index in [1.54, 1.807) is 6.26 Å². The smallest absolute Gasteiger partial charge is 0.0723 e. The van der Waals surface area contributed by atoms with Crippen molar-refractivity contribution in [2.75, 3.05) is 12.8 Å². The van der Waals surface area contributed by atoms with Crippen LogP contribution in [-0.4, -0.2) is 17.0 Å². The molecule has 1 unspecified atom stereocenters. The van der Waals surface area contributed by atoms with Crippen LogP contribution in [0.1, 0.15) is 13.8 Å². The largest absolute Gasteiger partial charge is 0.245 e. The Bertz CT molecular complexity index is 389. The van der Waals surface area contributed by atoms with Crippen LogP contribution in [0.15, 0.2) is 39.6 Å². The Morgan fingerprint density at radius 1 is 1.29 bits per heavy atom. The van der Waals surface area contributed by atoms with Gasteiger partial charge in [0.1, 0.15) is 0 Å². The summed E-state index contributed by atoms with van der Waals surface area (Å²) in [6.45, 7) is 4.80. The second-order valence-corrected chi connectivity index (χ2v) is 6.16. The standard InChI is InChI=1S/C11H17NOS/c1-10(2)9-12-14(3,13)11-7-5-4-6-8-11/h4-8,10H,9H2,1-3H3. The summed E-state index contributed by atoms with van der Waals surface area (Å²) >= 11 is 0. The summed E-state index contributed by atoms with van der Waals surface area (Å²) in [6.07, 6.45) is 1.70. The Balaban J connectivity index is 2.97. The van der Waals surface area contributed by atoms with Crippen molar-refractivity contribution in [2.45, 2.75) is 18.7 Å². The zero-order chi connectivity index (χ0) is 10.6. The molecule has 0 saturated carbocycles. The highest BCUT2D eigenvalue weighted by Crippen LogP contribution is 2.11. The zero-order valence-corrected chi connectivity index (χ0v) is 9.75. The van der Waals surface area contributed by atoms with Crippen LogP contribution < -0.4 is 0 Å². The van der Waals surface area contributed by atoms with Crippen molar-refractivity contribution in [3.63, 3.8) is 0 Å². The fraction of sp³-hybridized carbons (Fsp3) is 0.455. The minimum Gasteiger partial charge on any atom is -0.245 e. The van der Waals surface area contributed by atoms with E-state index in [-0.39, 0.29) is 0 Å². The van der Waals surface area contributed by atoms with Gasteiger partial charge in [0, 0.05) is 11.2 Å². The summed E-state index contributed by atoms with van der Waals surface area (Å²) < 4.78 is 16.4. The average molecular weight is 211 g/mol. The van der Waals surface area contributed by atoms with Crippen molar-refractivity contribution >= 4 is 9.73 Å². The topological polar surface area (TPSA) is 29.4 Å². The molecule has 0 radical (unpaired) electrons. The van der Waals surface area contributed by atoms with Crippen LogP contribution in [0.25, 0.3) is 0 Å². The monoisotopic (exact) mass is 211 g/mol. The molecule has 78 valence electrons. The highest BCUT2D eigenvalue weighted by atomic mass is 32.2. The molecular formula is C11H17NOS. The average Bonchev–Trinajstić information content (AvgIpc) is 2.16. The lowest BCUT2D eigenvalue weighted by molar-refractivity contribution is 0.651. The first-order valence-corrected chi connectivity index (χ1v) is 6.67. The van der Waals surface area contributed by atoms with Crippen LogP contribution in [0.5, 0.6) is 0 Å². The van der Waals surface area contributed by atoms with Gasteiger partial charge in [-0.15, -0.1) is 0 Å². The Kier molecular flexibility index (Phi) is 3.69. The Labute approximate surface area is 86.5 Å². The molecule has 0 fully saturated rings. The maximum absolute atomic E-state index is 12.1. The second-order valence-electron chi connectivity index (χ2n) is 3.82. The summed E-state index contributed by atoms with van der Waals surface area (Å²) in [5.74, 6) is 0.458. The molecule has 1 aromatic carbocycles. The molecule has 2 nitrogen and oxygen atoms in total. The normalized spacial score (nSPS) is 15.1. The molecule has 0 aromatic heterocycles. The first kappa shape index (κ1) is 11.2. The van der Waals surface area contributed by atoms with Gasteiger partial charge in [-0.25, -0.2) is 8.57 Å². The van der Waals surface area contributed by atoms with E-state index in [1.807, 2.05) is 30.3 Å². The quantitative estimate of drug-likeness (QED) is 0.756. The lowest BCUT2D eigenvalue weighted by atomic mass is 10.2. The molecule has 3 heteroatoms. The molecule has 1 rings (SSSR count). The molecule has 1 atom stereocenters. The van der Waals surface area contributed by atoms with Crippen LogP contribution in [0.4, 0.5) is 0 Å². The van der Waals surface area contributed by atoms with Gasteiger partial charge in [0.25, 0.3) is 0 Å². The third-order valence-electron chi connectivity index (χ3n) is 1.87. The predicted octanol–water partition coefficient (Wildman–Crippen LogP) is 2.80. The first-order chi connectivity index (χ1) is 6.52. The van der Waals surface area contributed by atoms with E-state index < -0.39 is 9.73 Å². The van der Waals surface area contributed by atoms with Crippen molar-refractivity contribution in [1.82, 2.24) is 0 Å². The van der Waals surface area contributed by atoms with E-state index in [4.69, 9.17) is 0 Å². The molecule has 14 heavy (non-hydrogen) atoms. The van der Waals surface area contributed by atoms with Crippen LogP contribution in [0.3, 0.4) is 0 Å². The molecule has 0 amide bonds. The molecule has 0 aliphatic carbocycles. The van der Waals surface area contributed by atoms with E-state index in [0.29, 0.717) is 12.5 Å². The van der Waals surface area contributed by atoms with Gasteiger partial charge in [-0.1, -0.05) is 32.0 Å². The van der Waals surface area contributed by atoms with Gasteiger partial charge >= 0.3 is 0 Å². The number of nitrogens with zero attached hydrogens (tertiary/aromatic N) is 1. The molecule has 0 saturated heterocycles. The van der Waals surface area contributed by atoms with Gasteiger partial charge in [-0.2, -0.15) is 0 Å². The third-order valence-corrected chi connectivity index (χ3v) is 3.66. The molecule has 1 aromatic rings. The Hall–Kier alpha value is -0.830. The van der Waals surface area contributed by atoms with Crippen LogP contribution in [0.2, 0.25) is 0 Å². The molecule has 0 aliphatic rings. The van der Waals surface area contributed by atoms with Gasteiger partial charge in [-0.3, -0.25) is 0 Å². The number of rotatable bonds is 3. The Morgan fingerprint density at radius 2 is 1.86 bits per heavy atom. The SMILES string of the molecule is CC(C)CN=S(C)(=O)c1ccccc1. The second kappa shape index (κ2) is 4.60. The van der Waals surface area contributed by atoms with Gasteiger partial charge in [-0.05, 0) is 18.1 Å². The van der Waals surface area contributed by atoms with E-state index >= 15 is 0 Å². The number of benzene rings is 1. The van der Waals surface area contributed by atoms with Gasteiger partial charge in [0.05, 0.1) is 16.3 Å². The fourth-order valence-electron chi connectivity index (χ4n) is 1.04. The summed E-state index contributed by atoms with van der Waals surface area (Å²) in [5, 5.41) is 0. The third kappa shape index (κ3) is 3.14. The van der Waals surface area contributed by atoms with Gasteiger partial charge < -0.3 is 0 Å². The minimum absolute atomic E-state index is 0.458. The maximum atomic E-state index is 12.1. The number of hydrogen-bond donors (Lipinski definition) is 0. The molecule has 0 heterocycles.